The molecule has 0 atom stereocenters. The number of carbonyl (C=O) groups is 1. The second-order valence-electron chi connectivity index (χ2n) is 4.76. The van der Waals surface area contributed by atoms with E-state index in [4.69, 9.17) is 0 Å². The average Bonchev–Trinajstić information content (AvgIpc) is 2.78. The number of thioether (sulfide) groups is 1. The van der Waals surface area contributed by atoms with Gasteiger partial charge in [-0.1, -0.05) is 36.0 Å². The molecule has 6 heteroatoms. The van der Waals surface area contributed by atoms with E-state index >= 15 is 0 Å². The zero-order chi connectivity index (χ0) is 14.7. The van der Waals surface area contributed by atoms with Gasteiger partial charge in [0.1, 0.15) is 0 Å². The van der Waals surface area contributed by atoms with Crippen LogP contribution in [0.25, 0.3) is 11.4 Å². The van der Waals surface area contributed by atoms with Gasteiger partial charge in [0, 0.05) is 26.7 Å². The van der Waals surface area contributed by atoms with E-state index in [0.717, 1.165) is 22.1 Å². The Hall–Kier alpha value is -1.82. The van der Waals surface area contributed by atoms with E-state index in [-0.39, 0.29) is 5.91 Å². The summed E-state index contributed by atoms with van der Waals surface area (Å²) in [7, 11) is 5.42. The van der Waals surface area contributed by atoms with E-state index in [1.165, 1.54) is 11.8 Å². The van der Waals surface area contributed by atoms with Crippen molar-refractivity contribution in [3.63, 3.8) is 0 Å². The number of hydrogen-bond acceptors (Lipinski definition) is 4. The first-order chi connectivity index (χ1) is 9.50. The Morgan fingerprint density at radius 2 is 2.00 bits per heavy atom. The van der Waals surface area contributed by atoms with Crippen molar-refractivity contribution in [1.29, 1.82) is 0 Å². The number of benzene rings is 1. The number of aromatic nitrogens is 3. The maximum atomic E-state index is 11.6. The number of aryl methyl sites for hydroxylation is 1. The fraction of sp³-hybridized carbons (Fsp3) is 0.357. The molecule has 1 heterocycles. The Kier molecular flexibility index (Phi) is 4.44. The van der Waals surface area contributed by atoms with E-state index in [2.05, 4.69) is 10.2 Å². The van der Waals surface area contributed by atoms with Crippen LogP contribution in [0.2, 0.25) is 0 Å². The maximum absolute atomic E-state index is 11.6. The minimum atomic E-state index is 0.0652. The van der Waals surface area contributed by atoms with Crippen LogP contribution in [-0.2, 0) is 11.8 Å². The number of carbonyl (C=O) groups excluding carboxylic acids is 1. The zero-order valence-corrected chi connectivity index (χ0v) is 12.9. The van der Waals surface area contributed by atoms with E-state index < -0.39 is 0 Å². The summed E-state index contributed by atoms with van der Waals surface area (Å²) < 4.78 is 1.93. The van der Waals surface area contributed by atoms with Gasteiger partial charge in [0.25, 0.3) is 0 Å². The van der Waals surface area contributed by atoms with Crippen LogP contribution in [0.5, 0.6) is 0 Å². The Labute approximate surface area is 123 Å². The third-order valence-corrected chi connectivity index (χ3v) is 4.05. The molecule has 5 nitrogen and oxygen atoms in total. The summed E-state index contributed by atoms with van der Waals surface area (Å²) in [5, 5.41) is 9.16. The molecule has 0 unspecified atom stereocenters. The van der Waals surface area contributed by atoms with Gasteiger partial charge in [0.05, 0.1) is 5.75 Å². The van der Waals surface area contributed by atoms with Gasteiger partial charge >= 0.3 is 0 Å². The van der Waals surface area contributed by atoms with Crippen LogP contribution in [0.1, 0.15) is 5.56 Å². The molecule has 0 aliphatic rings. The predicted molar refractivity (Wildman–Crippen MR) is 80.6 cm³/mol. The van der Waals surface area contributed by atoms with Crippen molar-refractivity contribution in [2.45, 2.75) is 12.1 Å². The standard InChI is InChI=1S/C14H18N4OS/c1-10-7-5-6-8-11(10)13-15-16-14(18(13)4)20-9-12(19)17(2)3/h5-8H,9H2,1-4H3. The molecule has 0 spiro atoms. The molecule has 1 aromatic heterocycles. The quantitative estimate of drug-likeness (QED) is 0.808. The summed E-state index contributed by atoms with van der Waals surface area (Å²) in [4.78, 5) is 13.2. The second-order valence-corrected chi connectivity index (χ2v) is 5.70. The first-order valence-electron chi connectivity index (χ1n) is 6.29. The molecule has 0 N–H and O–H groups in total. The van der Waals surface area contributed by atoms with Gasteiger partial charge in [-0.05, 0) is 12.5 Å². The summed E-state index contributed by atoms with van der Waals surface area (Å²) in [6.07, 6.45) is 0. The molecule has 1 aromatic carbocycles. The summed E-state index contributed by atoms with van der Waals surface area (Å²) in [6.45, 7) is 2.05. The highest BCUT2D eigenvalue weighted by Gasteiger charge is 2.14. The molecule has 2 rings (SSSR count). The molecule has 0 saturated carbocycles. The molecule has 2 aromatic rings. The molecule has 0 fully saturated rings. The third-order valence-electron chi connectivity index (χ3n) is 3.04. The van der Waals surface area contributed by atoms with Crippen LogP contribution in [0, 0.1) is 6.92 Å². The number of nitrogens with zero attached hydrogens (tertiary/aromatic N) is 4. The molecular formula is C14H18N4OS. The number of hydrogen-bond donors (Lipinski definition) is 0. The summed E-state index contributed by atoms with van der Waals surface area (Å²) >= 11 is 1.40. The average molecular weight is 290 g/mol. The molecule has 0 saturated heterocycles. The summed E-state index contributed by atoms with van der Waals surface area (Å²) in [6, 6.07) is 8.06. The first-order valence-corrected chi connectivity index (χ1v) is 7.27. The van der Waals surface area contributed by atoms with Crippen molar-refractivity contribution in [1.82, 2.24) is 19.7 Å². The smallest absolute Gasteiger partial charge is 0.232 e. The summed E-state index contributed by atoms with van der Waals surface area (Å²) in [5.41, 5.74) is 2.22. The molecular weight excluding hydrogens is 272 g/mol. The first kappa shape index (κ1) is 14.6. The minimum absolute atomic E-state index is 0.0652. The Bertz CT molecular complexity index is 621. The maximum Gasteiger partial charge on any atom is 0.232 e. The Morgan fingerprint density at radius 3 is 2.65 bits per heavy atom. The number of amides is 1. The Morgan fingerprint density at radius 1 is 1.30 bits per heavy atom. The van der Waals surface area contributed by atoms with Gasteiger partial charge < -0.3 is 9.47 Å². The minimum Gasteiger partial charge on any atom is -0.348 e. The van der Waals surface area contributed by atoms with E-state index in [1.54, 1.807) is 19.0 Å². The van der Waals surface area contributed by atoms with E-state index in [1.807, 2.05) is 42.8 Å². The van der Waals surface area contributed by atoms with Crippen molar-refractivity contribution in [3.05, 3.63) is 29.8 Å². The van der Waals surface area contributed by atoms with Gasteiger partial charge in [0.2, 0.25) is 5.91 Å². The lowest BCUT2D eigenvalue weighted by Crippen LogP contribution is -2.23. The van der Waals surface area contributed by atoms with Crippen molar-refractivity contribution in [2.24, 2.45) is 7.05 Å². The lowest BCUT2D eigenvalue weighted by Gasteiger charge is -2.09. The summed E-state index contributed by atoms with van der Waals surface area (Å²) in [5.74, 6) is 1.26. The van der Waals surface area contributed by atoms with Gasteiger partial charge in [-0.15, -0.1) is 10.2 Å². The van der Waals surface area contributed by atoms with Crippen molar-refractivity contribution in [3.8, 4) is 11.4 Å². The highest BCUT2D eigenvalue weighted by Crippen LogP contribution is 2.24. The molecule has 0 aliphatic heterocycles. The molecule has 0 radical (unpaired) electrons. The number of rotatable bonds is 4. The van der Waals surface area contributed by atoms with Crippen molar-refractivity contribution >= 4 is 17.7 Å². The van der Waals surface area contributed by atoms with Crippen LogP contribution < -0.4 is 0 Å². The third kappa shape index (κ3) is 3.01. The fourth-order valence-electron chi connectivity index (χ4n) is 1.75. The van der Waals surface area contributed by atoms with Gasteiger partial charge in [0.15, 0.2) is 11.0 Å². The molecule has 0 aliphatic carbocycles. The molecule has 1 amide bonds. The SMILES string of the molecule is Cc1ccccc1-c1nnc(SCC(=O)N(C)C)n1C. The van der Waals surface area contributed by atoms with Crippen LogP contribution in [0.4, 0.5) is 0 Å². The fourth-order valence-corrected chi connectivity index (χ4v) is 2.64. The van der Waals surface area contributed by atoms with Crippen LogP contribution >= 0.6 is 11.8 Å². The predicted octanol–water partition coefficient (Wildman–Crippen LogP) is 1.97. The van der Waals surface area contributed by atoms with Gasteiger partial charge in [-0.25, -0.2) is 0 Å². The lowest BCUT2D eigenvalue weighted by molar-refractivity contribution is -0.125. The van der Waals surface area contributed by atoms with Gasteiger partial charge in [-0.2, -0.15) is 0 Å². The monoisotopic (exact) mass is 290 g/mol. The lowest BCUT2D eigenvalue weighted by atomic mass is 10.1. The van der Waals surface area contributed by atoms with Crippen LogP contribution in [-0.4, -0.2) is 45.4 Å². The topological polar surface area (TPSA) is 51.0 Å². The van der Waals surface area contributed by atoms with E-state index in [0.29, 0.717) is 5.75 Å². The zero-order valence-electron chi connectivity index (χ0n) is 12.1. The van der Waals surface area contributed by atoms with Crippen LogP contribution in [0.15, 0.2) is 29.4 Å². The Balaban J connectivity index is 2.20. The van der Waals surface area contributed by atoms with Gasteiger partial charge in [-0.3, -0.25) is 4.79 Å². The molecule has 20 heavy (non-hydrogen) atoms. The highest BCUT2D eigenvalue weighted by atomic mass is 32.2. The van der Waals surface area contributed by atoms with Crippen molar-refractivity contribution < 1.29 is 4.79 Å². The normalized spacial score (nSPS) is 10.6. The second kappa shape index (κ2) is 6.09. The molecule has 0 bridgehead atoms. The highest BCUT2D eigenvalue weighted by molar-refractivity contribution is 7.99. The van der Waals surface area contributed by atoms with Crippen LogP contribution in [0.3, 0.4) is 0 Å². The van der Waals surface area contributed by atoms with Crippen molar-refractivity contribution in [2.75, 3.05) is 19.8 Å². The largest absolute Gasteiger partial charge is 0.348 e. The molecule has 106 valence electrons. The van der Waals surface area contributed by atoms with E-state index in [9.17, 15) is 4.79 Å².